The summed E-state index contributed by atoms with van der Waals surface area (Å²) < 4.78 is 18.9. The van der Waals surface area contributed by atoms with Crippen LogP contribution in [0.25, 0.3) is 0 Å². The van der Waals surface area contributed by atoms with Crippen molar-refractivity contribution in [1.29, 1.82) is 0 Å². The third-order valence-corrected chi connectivity index (χ3v) is 3.95. The zero-order valence-electron chi connectivity index (χ0n) is 11.4. The number of piperidine rings is 1. The maximum Gasteiger partial charge on any atom is 0.165 e. The van der Waals surface area contributed by atoms with Crippen molar-refractivity contribution < 1.29 is 14.2 Å². The van der Waals surface area contributed by atoms with Crippen molar-refractivity contribution in [3.8, 4) is 5.75 Å². The molecule has 0 bridgehead atoms. The summed E-state index contributed by atoms with van der Waals surface area (Å²) in [6.07, 6.45) is 3.31. The van der Waals surface area contributed by atoms with E-state index in [1.165, 1.54) is 6.07 Å². The van der Waals surface area contributed by atoms with E-state index in [-0.39, 0.29) is 18.0 Å². The monoisotopic (exact) mass is 267 g/mol. The van der Waals surface area contributed by atoms with E-state index < -0.39 is 0 Å². The zero-order chi connectivity index (χ0) is 13.7. The summed E-state index contributed by atoms with van der Waals surface area (Å²) in [6.45, 7) is 4.36. The molecule has 0 saturated carbocycles. The minimum absolute atomic E-state index is 0.156. The fourth-order valence-electron chi connectivity index (χ4n) is 2.62. The molecule has 2 rings (SSSR count). The van der Waals surface area contributed by atoms with E-state index in [0.29, 0.717) is 18.9 Å². The number of likely N-dealkylation sites (tertiary alicyclic amines) is 1. The summed E-state index contributed by atoms with van der Waals surface area (Å²) in [7, 11) is 0. The molecular formula is C15H22FNO2. The van der Waals surface area contributed by atoms with Crippen molar-refractivity contribution in [1.82, 2.24) is 4.90 Å². The molecule has 1 saturated heterocycles. The van der Waals surface area contributed by atoms with E-state index >= 15 is 0 Å². The topological polar surface area (TPSA) is 32.7 Å². The molecule has 19 heavy (non-hydrogen) atoms. The van der Waals surface area contributed by atoms with Crippen LogP contribution in [0.3, 0.4) is 0 Å². The van der Waals surface area contributed by atoms with Crippen molar-refractivity contribution in [2.24, 2.45) is 0 Å². The molecule has 4 heteroatoms. The van der Waals surface area contributed by atoms with Crippen LogP contribution in [0.2, 0.25) is 0 Å². The lowest BCUT2D eigenvalue weighted by Gasteiger charge is -2.43. The molecule has 1 N–H and O–H groups in total. The SMILES string of the molecule is C[C@@]1(CO)CCCCN1CCOc1ccccc1F. The fourth-order valence-corrected chi connectivity index (χ4v) is 2.62. The number of halogens is 1. The van der Waals surface area contributed by atoms with Gasteiger partial charge in [0.25, 0.3) is 0 Å². The smallest absolute Gasteiger partial charge is 0.165 e. The van der Waals surface area contributed by atoms with Crippen LogP contribution in [0.15, 0.2) is 24.3 Å². The summed E-state index contributed by atoms with van der Waals surface area (Å²) in [4.78, 5) is 2.25. The Kier molecular flexibility index (Phi) is 4.77. The first-order valence-electron chi connectivity index (χ1n) is 6.89. The van der Waals surface area contributed by atoms with Gasteiger partial charge in [0.15, 0.2) is 11.6 Å². The number of rotatable bonds is 5. The lowest BCUT2D eigenvalue weighted by Crippen LogP contribution is -2.53. The Morgan fingerprint density at radius 2 is 2.16 bits per heavy atom. The third kappa shape index (κ3) is 3.45. The fraction of sp³-hybridized carbons (Fsp3) is 0.600. The Balaban J connectivity index is 1.86. The lowest BCUT2D eigenvalue weighted by atomic mass is 9.89. The average molecular weight is 267 g/mol. The Labute approximate surface area is 114 Å². The molecular weight excluding hydrogens is 245 g/mol. The molecule has 1 aromatic rings. The average Bonchev–Trinajstić information content (AvgIpc) is 2.43. The number of hydrogen-bond acceptors (Lipinski definition) is 3. The molecule has 0 unspecified atom stereocenters. The maximum atomic E-state index is 13.4. The van der Waals surface area contributed by atoms with Crippen molar-refractivity contribution >= 4 is 0 Å². The molecule has 0 aliphatic carbocycles. The van der Waals surface area contributed by atoms with E-state index in [1.54, 1.807) is 18.2 Å². The molecule has 1 heterocycles. The van der Waals surface area contributed by atoms with Crippen LogP contribution in [-0.4, -0.2) is 41.8 Å². The van der Waals surface area contributed by atoms with Gasteiger partial charge in [0.05, 0.1) is 6.61 Å². The molecule has 0 radical (unpaired) electrons. The highest BCUT2D eigenvalue weighted by molar-refractivity contribution is 5.23. The maximum absolute atomic E-state index is 13.4. The molecule has 1 fully saturated rings. The first kappa shape index (κ1) is 14.3. The van der Waals surface area contributed by atoms with E-state index in [1.807, 2.05) is 0 Å². The van der Waals surface area contributed by atoms with E-state index in [9.17, 15) is 9.50 Å². The minimum atomic E-state index is -0.328. The summed E-state index contributed by atoms with van der Waals surface area (Å²) in [5, 5.41) is 9.54. The molecule has 3 nitrogen and oxygen atoms in total. The summed E-state index contributed by atoms with van der Waals surface area (Å²) in [6, 6.07) is 6.44. The number of para-hydroxylation sites is 1. The Hall–Kier alpha value is -1.13. The summed E-state index contributed by atoms with van der Waals surface area (Å²) in [5.41, 5.74) is -0.156. The van der Waals surface area contributed by atoms with Crippen LogP contribution in [0.5, 0.6) is 5.75 Å². The molecule has 1 aromatic carbocycles. The van der Waals surface area contributed by atoms with Gasteiger partial charge in [-0.25, -0.2) is 4.39 Å². The largest absolute Gasteiger partial charge is 0.489 e. The second kappa shape index (κ2) is 6.35. The number of ether oxygens (including phenoxy) is 1. The third-order valence-electron chi connectivity index (χ3n) is 3.95. The number of hydrogen-bond donors (Lipinski definition) is 1. The molecule has 1 aliphatic rings. The zero-order valence-corrected chi connectivity index (χ0v) is 11.4. The van der Waals surface area contributed by atoms with Crippen LogP contribution in [0.4, 0.5) is 4.39 Å². The molecule has 1 atom stereocenters. The van der Waals surface area contributed by atoms with Gasteiger partial charge in [-0.05, 0) is 38.4 Å². The van der Waals surface area contributed by atoms with E-state index in [2.05, 4.69) is 11.8 Å². The number of aliphatic hydroxyl groups excluding tert-OH is 1. The number of benzene rings is 1. The number of aliphatic hydroxyl groups is 1. The van der Waals surface area contributed by atoms with Crippen LogP contribution in [0, 0.1) is 5.82 Å². The number of nitrogens with zero attached hydrogens (tertiary/aromatic N) is 1. The Morgan fingerprint density at radius 1 is 1.37 bits per heavy atom. The van der Waals surface area contributed by atoms with E-state index in [0.717, 1.165) is 25.8 Å². The van der Waals surface area contributed by atoms with Crippen molar-refractivity contribution in [3.63, 3.8) is 0 Å². The highest BCUT2D eigenvalue weighted by Gasteiger charge is 2.33. The van der Waals surface area contributed by atoms with Crippen LogP contribution >= 0.6 is 0 Å². The van der Waals surface area contributed by atoms with Gasteiger partial charge in [-0.3, -0.25) is 4.90 Å². The quantitative estimate of drug-likeness (QED) is 0.889. The van der Waals surface area contributed by atoms with E-state index in [4.69, 9.17) is 4.74 Å². The normalized spacial score (nSPS) is 24.4. The van der Waals surface area contributed by atoms with Gasteiger partial charge >= 0.3 is 0 Å². The molecule has 106 valence electrons. The van der Waals surface area contributed by atoms with Crippen LogP contribution < -0.4 is 4.74 Å². The van der Waals surface area contributed by atoms with Gasteiger partial charge in [0.1, 0.15) is 6.61 Å². The minimum Gasteiger partial charge on any atom is -0.489 e. The molecule has 1 aliphatic heterocycles. The van der Waals surface area contributed by atoms with Crippen molar-refractivity contribution in [3.05, 3.63) is 30.1 Å². The van der Waals surface area contributed by atoms with Crippen molar-refractivity contribution in [2.75, 3.05) is 26.3 Å². The summed E-state index contributed by atoms with van der Waals surface area (Å²) >= 11 is 0. The van der Waals surface area contributed by atoms with Gasteiger partial charge in [0.2, 0.25) is 0 Å². The molecule has 0 amide bonds. The lowest BCUT2D eigenvalue weighted by molar-refractivity contribution is 0.00448. The molecule has 0 aromatic heterocycles. The Morgan fingerprint density at radius 3 is 2.89 bits per heavy atom. The van der Waals surface area contributed by atoms with Crippen LogP contribution in [-0.2, 0) is 0 Å². The van der Waals surface area contributed by atoms with Crippen LogP contribution in [0.1, 0.15) is 26.2 Å². The first-order chi connectivity index (χ1) is 9.15. The highest BCUT2D eigenvalue weighted by atomic mass is 19.1. The van der Waals surface area contributed by atoms with Gasteiger partial charge in [0, 0.05) is 12.1 Å². The van der Waals surface area contributed by atoms with Crippen molar-refractivity contribution in [2.45, 2.75) is 31.7 Å². The first-order valence-corrected chi connectivity index (χ1v) is 6.89. The summed E-state index contributed by atoms with van der Waals surface area (Å²) in [5.74, 6) is -0.0312. The highest BCUT2D eigenvalue weighted by Crippen LogP contribution is 2.27. The van der Waals surface area contributed by atoms with Gasteiger partial charge in [-0.1, -0.05) is 18.6 Å². The predicted molar refractivity (Wildman–Crippen MR) is 72.8 cm³/mol. The molecule has 0 spiro atoms. The second-order valence-electron chi connectivity index (χ2n) is 5.38. The van der Waals surface area contributed by atoms with Gasteiger partial charge < -0.3 is 9.84 Å². The van der Waals surface area contributed by atoms with Gasteiger partial charge in [-0.2, -0.15) is 0 Å². The standard InChI is InChI=1S/C15H22FNO2/c1-15(12-18)8-4-5-9-17(15)10-11-19-14-7-3-2-6-13(14)16/h2-3,6-7,18H,4-5,8-12H2,1H3/t15-/m0/s1. The van der Waals surface area contributed by atoms with Gasteiger partial charge in [-0.15, -0.1) is 0 Å². The second-order valence-corrected chi connectivity index (χ2v) is 5.38. The predicted octanol–water partition coefficient (Wildman–Crippen LogP) is 2.44. The Bertz CT molecular complexity index is 413.